The van der Waals surface area contributed by atoms with Crippen LogP contribution in [0.15, 0.2) is 23.2 Å². The van der Waals surface area contributed by atoms with Crippen molar-refractivity contribution in [2.75, 3.05) is 32.7 Å². The number of halogens is 2. The fraction of sp³-hybridized carbons (Fsp3) is 0.650. The molecule has 0 bridgehead atoms. The molecule has 2 rings (SSSR count). The molecule has 1 heterocycles. The molecule has 0 aromatic heterocycles. The van der Waals surface area contributed by atoms with Crippen LogP contribution in [-0.4, -0.2) is 48.7 Å². The first kappa shape index (κ1) is 24.1. The van der Waals surface area contributed by atoms with Gasteiger partial charge in [-0.15, -0.1) is 24.0 Å². The minimum Gasteiger partial charge on any atom is -0.392 e. The number of hydrogen-bond donors (Lipinski definition) is 3. The van der Waals surface area contributed by atoms with Gasteiger partial charge in [0.2, 0.25) is 0 Å². The predicted octanol–water partition coefficient (Wildman–Crippen LogP) is 3.11. The third-order valence-electron chi connectivity index (χ3n) is 4.86. The third kappa shape index (κ3) is 8.74. The molecule has 3 N–H and O–H groups in total. The lowest BCUT2D eigenvalue weighted by Gasteiger charge is -2.30. The molecule has 0 aliphatic carbocycles. The Hall–Kier alpha value is -0.930. The molecule has 1 aliphatic heterocycles. The summed E-state index contributed by atoms with van der Waals surface area (Å²) in [7, 11) is 0. The summed E-state index contributed by atoms with van der Waals surface area (Å²) in [6, 6.07) is 4.76. The monoisotopic (exact) mass is 492 g/mol. The molecule has 0 unspecified atom stereocenters. The van der Waals surface area contributed by atoms with Crippen molar-refractivity contribution in [3.8, 4) is 0 Å². The van der Waals surface area contributed by atoms with Gasteiger partial charge < -0.3 is 20.6 Å². The quantitative estimate of drug-likeness (QED) is 0.226. The zero-order chi connectivity index (χ0) is 18.8. The minimum absolute atomic E-state index is 0. The summed E-state index contributed by atoms with van der Waals surface area (Å²) < 4.78 is 13.4. The third-order valence-corrected chi connectivity index (χ3v) is 4.86. The van der Waals surface area contributed by atoms with Crippen LogP contribution in [0.25, 0.3) is 0 Å². The second-order valence-corrected chi connectivity index (χ2v) is 7.08. The molecule has 1 aromatic carbocycles. The zero-order valence-corrected chi connectivity index (χ0v) is 18.8. The van der Waals surface area contributed by atoms with E-state index in [0.29, 0.717) is 12.1 Å². The van der Waals surface area contributed by atoms with Crippen molar-refractivity contribution in [2.45, 2.75) is 46.3 Å². The van der Waals surface area contributed by atoms with Crippen molar-refractivity contribution < 1.29 is 9.50 Å². The summed E-state index contributed by atoms with van der Waals surface area (Å²) in [5.74, 6) is 1.27. The van der Waals surface area contributed by atoms with Crippen LogP contribution < -0.4 is 10.6 Å². The Labute approximate surface area is 179 Å². The normalized spacial score (nSPS) is 16.1. The van der Waals surface area contributed by atoms with E-state index in [1.165, 1.54) is 32.0 Å². The molecular weight excluding hydrogens is 458 g/mol. The Balaban J connectivity index is 0.00000364. The van der Waals surface area contributed by atoms with Crippen molar-refractivity contribution in [2.24, 2.45) is 10.9 Å². The highest BCUT2D eigenvalue weighted by atomic mass is 127. The summed E-state index contributed by atoms with van der Waals surface area (Å²) in [5, 5.41) is 15.8. The molecule has 1 aliphatic rings. The molecule has 0 spiro atoms. The van der Waals surface area contributed by atoms with E-state index >= 15 is 0 Å². The average molecular weight is 492 g/mol. The van der Waals surface area contributed by atoms with Crippen LogP contribution in [-0.2, 0) is 13.2 Å². The van der Waals surface area contributed by atoms with Crippen LogP contribution in [0.1, 0.15) is 44.2 Å². The van der Waals surface area contributed by atoms with E-state index in [0.717, 1.165) is 43.5 Å². The van der Waals surface area contributed by atoms with Gasteiger partial charge in [0.1, 0.15) is 5.82 Å². The van der Waals surface area contributed by atoms with Crippen LogP contribution in [0.2, 0.25) is 0 Å². The Morgan fingerprint density at radius 3 is 2.70 bits per heavy atom. The van der Waals surface area contributed by atoms with Gasteiger partial charge in [-0.25, -0.2) is 9.38 Å². The molecule has 0 saturated carbocycles. The van der Waals surface area contributed by atoms with Gasteiger partial charge in [-0.05, 0) is 69.4 Å². The first-order valence-electron chi connectivity index (χ1n) is 9.75. The first-order chi connectivity index (χ1) is 12.6. The van der Waals surface area contributed by atoms with Gasteiger partial charge in [-0.1, -0.05) is 13.0 Å². The van der Waals surface area contributed by atoms with Crippen molar-refractivity contribution in [1.82, 2.24) is 15.5 Å². The van der Waals surface area contributed by atoms with E-state index in [2.05, 4.69) is 27.4 Å². The maximum Gasteiger partial charge on any atom is 0.191 e. The molecule has 1 aromatic rings. The molecule has 0 amide bonds. The van der Waals surface area contributed by atoms with Crippen molar-refractivity contribution in [1.29, 1.82) is 0 Å². The van der Waals surface area contributed by atoms with Gasteiger partial charge in [-0.3, -0.25) is 0 Å². The largest absolute Gasteiger partial charge is 0.392 e. The molecule has 7 heteroatoms. The van der Waals surface area contributed by atoms with Crippen molar-refractivity contribution in [3.63, 3.8) is 0 Å². The summed E-state index contributed by atoms with van der Waals surface area (Å²) in [5.41, 5.74) is 1.20. The number of benzene rings is 1. The molecule has 1 fully saturated rings. The van der Waals surface area contributed by atoms with Gasteiger partial charge in [0.15, 0.2) is 5.96 Å². The summed E-state index contributed by atoms with van der Waals surface area (Å²) in [4.78, 5) is 7.10. The number of aliphatic hydroxyl groups excluding tert-OH is 1. The number of aliphatic imine (C=N–C) groups is 1. The van der Waals surface area contributed by atoms with Gasteiger partial charge >= 0.3 is 0 Å². The van der Waals surface area contributed by atoms with E-state index in [1.807, 2.05) is 6.92 Å². The maximum atomic E-state index is 13.4. The Morgan fingerprint density at radius 2 is 2.04 bits per heavy atom. The van der Waals surface area contributed by atoms with Crippen LogP contribution in [0.4, 0.5) is 4.39 Å². The lowest BCUT2D eigenvalue weighted by molar-refractivity contribution is 0.191. The lowest BCUT2D eigenvalue weighted by atomic mass is 9.99. The molecule has 5 nitrogen and oxygen atoms in total. The van der Waals surface area contributed by atoms with Crippen LogP contribution >= 0.6 is 24.0 Å². The molecular formula is C20H34FIN4O. The van der Waals surface area contributed by atoms with Gasteiger partial charge in [-0.2, -0.15) is 0 Å². The highest BCUT2D eigenvalue weighted by molar-refractivity contribution is 14.0. The Morgan fingerprint density at radius 1 is 1.30 bits per heavy atom. The summed E-state index contributed by atoms with van der Waals surface area (Å²) >= 11 is 0. The van der Waals surface area contributed by atoms with Crippen LogP contribution in [0.3, 0.4) is 0 Å². The number of piperidine rings is 1. The van der Waals surface area contributed by atoms with Crippen LogP contribution in [0.5, 0.6) is 0 Å². The number of hydrogen-bond acceptors (Lipinski definition) is 3. The molecule has 0 radical (unpaired) electrons. The van der Waals surface area contributed by atoms with E-state index in [1.54, 1.807) is 12.1 Å². The van der Waals surface area contributed by atoms with Gasteiger partial charge in [0.25, 0.3) is 0 Å². The van der Waals surface area contributed by atoms with Gasteiger partial charge in [0, 0.05) is 18.7 Å². The molecule has 154 valence electrons. The van der Waals surface area contributed by atoms with E-state index < -0.39 is 0 Å². The number of nitrogens with zero attached hydrogens (tertiary/aromatic N) is 2. The van der Waals surface area contributed by atoms with Crippen molar-refractivity contribution in [3.05, 3.63) is 35.1 Å². The highest BCUT2D eigenvalue weighted by Gasteiger charge is 2.14. The molecule has 1 saturated heterocycles. The first-order valence-corrected chi connectivity index (χ1v) is 9.75. The van der Waals surface area contributed by atoms with Crippen LogP contribution in [0, 0.1) is 11.7 Å². The van der Waals surface area contributed by atoms with Gasteiger partial charge in [0.05, 0.1) is 13.2 Å². The molecule has 0 atom stereocenters. The number of rotatable bonds is 8. The van der Waals surface area contributed by atoms with Crippen molar-refractivity contribution >= 4 is 29.9 Å². The standard InChI is InChI=1S/C20H33FN4O.HI/c1-3-22-20(23-9-4-10-25-11-7-16(2)8-12-25)24-14-17-5-6-19(21)18(13-17)15-26;/h5-6,13,16,26H,3-4,7-12,14-15H2,1-2H3,(H2,22,23,24);1H. The topological polar surface area (TPSA) is 59.9 Å². The second-order valence-electron chi connectivity index (χ2n) is 7.08. The SMILES string of the molecule is CCNC(=NCc1ccc(F)c(CO)c1)NCCCN1CCC(C)CC1.I. The number of likely N-dealkylation sites (tertiary alicyclic amines) is 1. The number of aliphatic hydroxyl groups is 1. The fourth-order valence-electron chi connectivity index (χ4n) is 3.15. The maximum absolute atomic E-state index is 13.4. The number of guanidine groups is 1. The smallest absolute Gasteiger partial charge is 0.191 e. The Kier molecular flexibility index (Phi) is 11.9. The summed E-state index contributed by atoms with van der Waals surface area (Å²) in [6.45, 7) is 9.75. The zero-order valence-electron chi connectivity index (χ0n) is 16.5. The fourth-order valence-corrected chi connectivity index (χ4v) is 3.15. The predicted molar refractivity (Wildman–Crippen MR) is 120 cm³/mol. The minimum atomic E-state index is -0.377. The average Bonchev–Trinajstić information content (AvgIpc) is 2.65. The lowest BCUT2D eigenvalue weighted by Crippen LogP contribution is -2.39. The summed E-state index contributed by atoms with van der Waals surface area (Å²) in [6.07, 6.45) is 3.71. The molecule has 27 heavy (non-hydrogen) atoms. The van der Waals surface area contributed by atoms with E-state index in [9.17, 15) is 4.39 Å². The highest BCUT2D eigenvalue weighted by Crippen LogP contribution is 2.15. The van der Waals surface area contributed by atoms with E-state index in [-0.39, 0.29) is 36.4 Å². The number of nitrogens with one attached hydrogen (secondary N) is 2. The second kappa shape index (κ2) is 13.3. The Bertz CT molecular complexity index is 577. The van der Waals surface area contributed by atoms with E-state index in [4.69, 9.17) is 5.11 Å².